The van der Waals surface area contributed by atoms with Crippen molar-refractivity contribution in [2.45, 2.75) is 63.9 Å². The summed E-state index contributed by atoms with van der Waals surface area (Å²) in [6.07, 6.45) is 0.300. The van der Waals surface area contributed by atoms with Crippen LogP contribution in [-0.2, 0) is 38.5 Å². The van der Waals surface area contributed by atoms with Gasteiger partial charge in [-0.2, -0.15) is 0 Å². The fourth-order valence-electron chi connectivity index (χ4n) is 5.66. The van der Waals surface area contributed by atoms with Gasteiger partial charge >= 0.3 is 6.09 Å². The highest BCUT2D eigenvalue weighted by Gasteiger charge is 2.42. The average molecular weight is 649 g/mol. The van der Waals surface area contributed by atoms with Crippen LogP contribution in [0.4, 0.5) is 4.79 Å². The first kappa shape index (κ1) is 35.1. The first-order valence-electron chi connectivity index (χ1n) is 15.4. The Morgan fingerprint density at radius 1 is 0.872 bits per heavy atom. The minimum atomic E-state index is -1.11. The molecule has 1 heterocycles. The molecule has 0 saturated carbocycles. The minimum absolute atomic E-state index is 0.0724. The second-order valence-corrected chi connectivity index (χ2v) is 12.2. The van der Waals surface area contributed by atoms with E-state index in [1.807, 2.05) is 42.5 Å². The van der Waals surface area contributed by atoms with Crippen LogP contribution in [0.5, 0.6) is 23.0 Å². The molecule has 1 aliphatic rings. The largest absolute Gasteiger partial charge is 0.493 e. The van der Waals surface area contributed by atoms with Crippen molar-refractivity contribution >= 4 is 18.3 Å². The molecule has 0 fully saturated rings. The summed E-state index contributed by atoms with van der Waals surface area (Å²) in [5.41, 5.74) is 2.43. The molecule has 1 N–H and O–H groups in total. The van der Waals surface area contributed by atoms with Crippen molar-refractivity contribution in [2.24, 2.45) is 0 Å². The molecule has 4 rings (SSSR count). The van der Waals surface area contributed by atoms with Crippen molar-refractivity contribution in [2.75, 3.05) is 35.0 Å². The molecule has 11 nitrogen and oxygen atoms in total. The van der Waals surface area contributed by atoms with E-state index in [2.05, 4.69) is 5.32 Å². The number of alkyl carbamates (subject to hydrolysis) is 1. The molecule has 3 unspecified atom stereocenters. The van der Waals surface area contributed by atoms with Crippen molar-refractivity contribution in [1.29, 1.82) is 0 Å². The van der Waals surface area contributed by atoms with Gasteiger partial charge in [-0.3, -0.25) is 4.79 Å². The normalized spacial score (nSPS) is 16.4. The number of benzene rings is 3. The molecule has 0 bridgehead atoms. The van der Waals surface area contributed by atoms with Crippen molar-refractivity contribution in [3.8, 4) is 23.0 Å². The lowest BCUT2D eigenvalue weighted by Crippen LogP contribution is -2.57. The Morgan fingerprint density at radius 3 is 2.13 bits per heavy atom. The fraction of sp³-hybridized carbons (Fsp3) is 0.417. The first-order chi connectivity index (χ1) is 22.5. The number of carbonyl (C=O) groups is 3. The Hall–Kier alpha value is -4.77. The molecule has 2 amide bonds. The van der Waals surface area contributed by atoms with Crippen LogP contribution in [0.3, 0.4) is 0 Å². The van der Waals surface area contributed by atoms with Gasteiger partial charge in [0.15, 0.2) is 23.0 Å². The average Bonchev–Trinajstić information content (AvgIpc) is 3.06. The summed E-state index contributed by atoms with van der Waals surface area (Å²) in [5.74, 6) is 1.51. The van der Waals surface area contributed by atoms with Crippen molar-refractivity contribution < 1.29 is 42.8 Å². The highest BCUT2D eigenvalue weighted by Crippen LogP contribution is 2.40. The number of ether oxygens (including phenoxy) is 6. The fourth-order valence-corrected chi connectivity index (χ4v) is 5.66. The van der Waals surface area contributed by atoms with E-state index in [0.717, 1.165) is 23.0 Å². The molecule has 1 aliphatic heterocycles. The van der Waals surface area contributed by atoms with E-state index in [-0.39, 0.29) is 19.4 Å². The van der Waals surface area contributed by atoms with Crippen molar-refractivity contribution in [3.05, 3.63) is 82.9 Å². The van der Waals surface area contributed by atoms with Gasteiger partial charge in [-0.1, -0.05) is 36.4 Å². The zero-order chi connectivity index (χ0) is 34.1. The van der Waals surface area contributed by atoms with Gasteiger partial charge in [0, 0.05) is 12.8 Å². The highest BCUT2D eigenvalue weighted by molar-refractivity contribution is 5.89. The minimum Gasteiger partial charge on any atom is -0.493 e. The molecule has 3 atom stereocenters. The lowest BCUT2D eigenvalue weighted by atomic mass is 9.87. The molecule has 0 aromatic heterocycles. The molecule has 252 valence electrons. The third kappa shape index (κ3) is 8.74. The summed E-state index contributed by atoms with van der Waals surface area (Å²) in [6, 6.07) is 15.9. The number of fused-ring (bicyclic) bond motifs is 1. The summed E-state index contributed by atoms with van der Waals surface area (Å²) >= 11 is 0. The third-order valence-corrected chi connectivity index (χ3v) is 7.80. The quantitative estimate of drug-likeness (QED) is 0.253. The van der Waals surface area contributed by atoms with Crippen molar-refractivity contribution in [3.63, 3.8) is 0 Å². The number of carbonyl (C=O) groups excluding carboxylic acids is 3. The smallest absolute Gasteiger partial charge is 0.408 e. The number of rotatable bonds is 13. The van der Waals surface area contributed by atoms with Crippen LogP contribution < -0.4 is 24.3 Å². The molecule has 3 aromatic rings. The Kier molecular flexibility index (Phi) is 11.7. The molecular weight excluding hydrogens is 604 g/mol. The van der Waals surface area contributed by atoms with Crippen LogP contribution >= 0.6 is 0 Å². The van der Waals surface area contributed by atoms with Crippen LogP contribution in [0.2, 0.25) is 0 Å². The maximum absolute atomic E-state index is 14.7. The van der Waals surface area contributed by atoms with Crippen LogP contribution in [0, 0.1) is 0 Å². The number of hydrogen-bond acceptors (Lipinski definition) is 9. The van der Waals surface area contributed by atoms with Gasteiger partial charge in [-0.25, -0.2) is 4.79 Å². The number of aldehydes is 1. The van der Waals surface area contributed by atoms with E-state index in [1.54, 1.807) is 46.1 Å². The molecule has 0 spiro atoms. The Labute approximate surface area is 276 Å². The Morgan fingerprint density at radius 2 is 1.51 bits per heavy atom. The van der Waals surface area contributed by atoms with E-state index >= 15 is 0 Å². The number of nitrogens with one attached hydrogen (secondary N) is 1. The lowest BCUT2D eigenvalue weighted by Gasteiger charge is -2.43. The predicted molar refractivity (Wildman–Crippen MR) is 175 cm³/mol. The van der Waals surface area contributed by atoms with Gasteiger partial charge in [-0.05, 0) is 67.3 Å². The summed E-state index contributed by atoms with van der Waals surface area (Å²) < 4.78 is 33.7. The zero-order valence-corrected chi connectivity index (χ0v) is 28.0. The van der Waals surface area contributed by atoms with Gasteiger partial charge in [-0.15, -0.1) is 0 Å². The van der Waals surface area contributed by atoms with Gasteiger partial charge in [0.1, 0.15) is 17.9 Å². The van der Waals surface area contributed by atoms with Crippen LogP contribution in [0.1, 0.15) is 49.1 Å². The number of nitrogens with zero attached hydrogens (tertiary/aromatic N) is 1. The van der Waals surface area contributed by atoms with Crippen molar-refractivity contribution in [1.82, 2.24) is 10.2 Å². The Balaban J connectivity index is 1.76. The molecule has 3 aromatic carbocycles. The Bertz CT molecular complexity index is 1540. The molecule has 0 aliphatic carbocycles. The van der Waals surface area contributed by atoms with Crippen LogP contribution in [0.25, 0.3) is 0 Å². The van der Waals surface area contributed by atoms with Gasteiger partial charge in [0.05, 0.1) is 53.7 Å². The van der Waals surface area contributed by atoms with Crippen LogP contribution in [0.15, 0.2) is 60.7 Å². The molecular formula is C36H44N2O9. The van der Waals surface area contributed by atoms with E-state index in [9.17, 15) is 14.4 Å². The van der Waals surface area contributed by atoms with E-state index < -0.39 is 35.7 Å². The standard InChI is InChI=1S/C36H44N2O9/c1-36(2,3)47-35(41)37-28(15-24-13-14-30(42-4)31(16-24)43-5)34(40)38-26(20-39)17-25-18-32(44-6)33(45-7)19-27(25)29(38)22-46-21-23-11-9-8-10-12-23/h8-14,16,18-20,26,28-29H,15,17,21-22H2,1-7H3,(H,37,41). The molecule has 0 saturated heterocycles. The summed E-state index contributed by atoms with van der Waals surface area (Å²) in [4.78, 5) is 42.0. The summed E-state index contributed by atoms with van der Waals surface area (Å²) in [5, 5.41) is 2.77. The topological polar surface area (TPSA) is 122 Å². The maximum Gasteiger partial charge on any atom is 0.408 e. The molecule has 0 radical (unpaired) electrons. The predicted octanol–water partition coefficient (Wildman–Crippen LogP) is 5.07. The number of amides is 2. The van der Waals surface area contributed by atoms with Gasteiger partial charge < -0.3 is 43.4 Å². The number of methoxy groups -OCH3 is 4. The lowest BCUT2D eigenvalue weighted by molar-refractivity contribution is -0.144. The SMILES string of the molecule is COc1ccc(CC(NC(=O)OC(C)(C)C)C(=O)N2C(C=O)Cc3cc(OC)c(OC)cc3C2COCc2ccccc2)cc1OC. The van der Waals surface area contributed by atoms with Gasteiger partial charge in [0.2, 0.25) is 5.91 Å². The second kappa shape index (κ2) is 15.7. The summed E-state index contributed by atoms with van der Waals surface area (Å²) in [7, 11) is 6.13. The first-order valence-corrected chi connectivity index (χ1v) is 15.4. The second-order valence-electron chi connectivity index (χ2n) is 12.2. The highest BCUT2D eigenvalue weighted by atomic mass is 16.6. The van der Waals surface area contributed by atoms with E-state index in [1.165, 1.54) is 26.2 Å². The monoisotopic (exact) mass is 648 g/mol. The molecule has 11 heteroatoms. The van der Waals surface area contributed by atoms with E-state index in [0.29, 0.717) is 35.2 Å². The molecule has 47 heavy (non-hydrogen) atoms. The zero-order valence-electron chi connectivity index (χ0n) is 28.0. The third-order valence-electron chi connectivity index (χ3n) is 7.80. The van der Waals surface area contributed by atoms with E-state index in [4.69, 9.17) is 28.4 Å². The summed E-state index contributed by atoms with van der Waals surface area (Å²) in [6.45, 7) is 5.58. The number of hydrogen-bond donors (Lipinski definition) is 1. The van der Waals surface area contributed by atoms with Gasteiger partial charge in [0.25, 0.3) is 0 Å². The van der Waals surface area contributed by atoms with Crippen LogP contribution in [-0.4, -0.2) is 75.9 Å². The maximum atomic E-state index is 14.7.